The van der Waals surface area contributed by atoms with E-state index in [-0.39, 0.29) is 25.0 Å². The molecule has 0 aromatic heterocycles. The number of piperazine rings is 1. The molecule has 2 aromatic carbocycles. The van der Waals surface area contributed by atoms with Gasteiger partial charge in [-0.25, -0.2) is 4.79 Å². The second-order valence-electron chi connectivity index (χ2n) is 7.91. The molecule has 10 heteroatoms. The van der Waals surface area contributed by atoms with Crippen LogP contribution in [0.5, 0.6) is 0 Å². The summed E-state index contributed by atoms with van der Waals surface area (Å²) in [6.07, 6.45) is 2.76. The van der Waals surface area contributed by atoms with Gasteiger partial charge in [0.2, 0.25) is 0 Å². The summed E-state index contributed by atoms with van der Waals surface area (Å²) in [7, 11) is 2.04. The molecule has 1 aliphatic rings. The molecular formula is C25H30N4O5S. The van der Waals surface area contributed by atoms with E-state index in [9.17, 15) is 18.9 Å². The van der Waals surface area contributed by atoms with Crippen LogP contribution in [0, 0.1) is 0 Å². The Morgan fingerprint density at radius 2 is 1.74 bits per heavy atom. The van der Waals surface area contributed by atoms with Gasteiger partial charge < -0.3 is 24.8 Å². The van der Waals surface area contributed by atoms with Crippen molar-refractivity contribution >= 4 is 34.8 Å². The standard InChI is InChI=1S/C25H30N4O5S/c1-3-34-23(30)8-5-13-26-24(31)20-6-4-7-21(18-20)27-25(32)19-9-11-22(12-10-19)35(33)29-16-14-28(2)15-17-29/h4-12,18H,3,13-17H2,1-2H3,(H,26,31)(H,27,32)/b8-5+. The van der Waals surface area contributed by atoms with Crippen molar-refractivity contribution in [3.8, 4) is 0 Å². The SMILES string of the molecule is CCOC(=O)/C=C/CNC(=O)c1cccc(NC(=O)c2ccc([S+]([O-])N3CCN(C)CC3)cc2)c1. The Kier molecular flexibility index (Phi) is 9.86. The fourth-order valence-corrected chi connectivity index (χ4v) is 4.53. The van der Waals surface area contributed by atoms with Gasteiger partial charge in [-0.3, -0.25) is 9.59 Å². The first-order valence-corrected chi connectivity index (χ1v) is 12.5. The molecule has 2 N–H and O–H groups in total. The molecule has 35 heavy (non-hydrogen) atoms. The van der Waals surface area contributed by atoms with Crippen molar-refractivity contribution in [3.63, 3.8) is 0 Å². The van der Waals surface area contributed by atoms with Gasteiger partial charge in [0, 0.05) is 42.5 Å². The van der Waals surface area contributed by atoms with Crippen molar-refractivity contribution in [1.82, 2.24) is 14.5 Å². The number of rotatable bonds is 9. The van der Waals surface area contributed by atoms with Crippen LogP contribution >= 0.6 is 0 Å². The number of ether oxygens (including phenoxy) is 1. The summed E-state index contributed by atoms with van der Waals surface area (Å²) in [5.74, 6) is -1.15. The van der Waals surface area contributed by atoms with Crippen LogP contribution in [-0.2, 0) is 20.9 Å². The van der Waals surface area contributed by atoms with E-state index in [0.717, 1.165) is 26.2 Å². The van der Waals surface area contributed by atoms with E-state index < -0.39 is 17.3 Å². The number of nitrogens with zero attached hydrogens (tertiary/aromatic N) is 2. The molecule has 0 spiro atoms. The minimum absolute atomic E-state index is 0.163. The summed E-state index contributed by atoms with van der Waals surface area (Å²) in [4.78, 5) is 39.2. The number of nitrogens with one attached hydrogen (secondary N) is 2. The summed E-state index contributed by atoms with van der Waals surface area (Å²) in [6, 6.07) is 13.2. The largest absolute Gasteiger partial charge is 0.593 e. The molecular weight excluding hydrogens is 468 g/mol. The van der Waals surface area contributed by atoms with Gasteiger partial charge in [-0.1, -0.05) is 12.1 Å². The Morgan fingerprint density at radius 3 is 2.43 bits per heavy atom. The van der Waals surface area contributed by atoms with Crippen molar-refractivity contribution in [2.24, 2.45) is 0 Å². The monoisotopic (exact) mass is 498 g/mol. The van der Waals surface area contributed by atoms with Crippen molar-refractivity contribution < 1.29 is 23.7 Å². The van der Waals surface area contributed by atoms with E-state index in [1.807, 2.05) is 11.4 Å². The number of amides is 2. The third kappa shape index (κ3) is 7.93. The lowest BCUT2D eigenvalue weighted by Crippen LogP contribution is -2.47. The number of benzene rings is 2. The smallest absolute Gasteiger partial charge is 0.330 e. The third-order valence-corrected chi connectivity index (χ3v) is 6.83. The Balaban J connectivity index is 1.54. The molecule has 3 rings (SSSR count). The van der Waals surface area contributed by atoms with Crippen molar-refractivity contribution in [1.29, 1.82) is 0 Å². The summed E-state index contributed by atoms with van der Waals surface area (Å²) in [5.41, 5.74) is 1.25. The lowest BCUT2D eigenvalue weighted by atomic mass is 10.1. The lowest BCUT2D eigenvalue weighted by molar-refractivity contribution is -0.137. The molecule has 1 aliphatic heterocycles. The van der Waals surface area contributed by atoms with Crippen molar-refractivity contribution in [2.75, 3.05) is 51.7 Å². The maximum Gasteiger partial charge on any atom is 0.330 e. The molecule has 2 aromatic rings. The fourth-order valence-electron chi connectivity index (χ4n) is 3.37. The molecule has 1 heterocycles. The quantitative estimate of drug-likeness (QED) is 0.309. The van der Waals surface area contributed by atoms with Gasteiger partial charge in [-0.15, -0.1) is 4.31 Å². The highest BCUT2D eigenvalue weighted by Crippen LogP contribution is 2.19. The predicted octanol–water partition coefficient (Wildman–Crippen LogP) is 2.06. The van der Waals surface area contributed by atoms with Crippen LogP contribution in [0.4, 0.5) is 5.69 Å². The summed E-state index contributed by atoms with van der Waals surface area (Å²) in [5, 5.41) is 5.45. The average molecular weight is 499 g/mol. The van der Waals surface area contributed by atoms with Crippen LogP contribution in [-0.4, -0.2) is 77.9 Å². The average Bonchev–Trinajstić information content (AvgIpc) is 2.87. The highest BCUT2D eigenvalue weighted by Gasteiger charge is 2.26. The van der Waals surface area contributed by atoms with Gasteiger partial charge in [0.25, 0.3) is 11.8 Å². The zero-order chi connectivity index (χ0) is 25.2. The summed E-state index contributed by atoms with van der Waals surface area (Å²) < 4.78 is 19.5. The van der Waals surface area contributed by atoms with E-state index >= 15 is 0 Å². The normalized spacial score (nSPS) is 15.5. The van der Waals surface area contributed by atoms with Gasteiger partial charge >= 0.3 is 5.97 Å². The molecule has 1 atom stereocenters. The summed E-state index contributed by atoms with van der Waals surface area (Å²) >= 11 is -1.26. The second-order valence-corrected chi connectivity index (χ2v) is 9.39. The van der Waals surface area contributed by atoms with Crippen LogP contribution in [0.2, 0.25) is 0 Å². The lowest BCUT2D eigenvalue weighted by Gasteiger charge is -2.31. The van der Waals surface area contributed by atoms with Crippen LogP contribution < -0.4 is 10.6 Å². The summed E-state index contributed by atoms with van der Waals surface area (Å²) in [6.45, 7) is 5.37. The third-order valence-electron chi connectivity index (χ3n) is 5.32. The van der Waals surface area contributed by atoms with Gasteiger partial charge in [0.15, 0.2) is 4.90 Å². The zero-order valence-corrected chi connectivity index (χ0v) is 20.7. The molecule has 0 saturated carbocycles. The van der Waals surface area contributed by atoms with Crippen LogP contribution in [0.3, 0.4) is 0 Å². The molecule has 0 bridgehead atoms. The van der Waals surface area contributed by atoms with Gasteiger partial charge in [-0.2, -0.15) is 0 Å². The van der Waals surface area contributed by atoms with E-state index in [1.54, 1.807) is 55.5 Å². The fraction of sp³-hybridized carbons (Fsp3) is 0.320. The Hall–Kier alpha value is -3.18. The number of anilines is 1. The van der Waals surface area contributed by atoms with Gasteiger partial charge in [0.1, 0.15) is 0 Å². The van der Waals surface area contributed by atoms with Crippen LogP contribution in [0.1, 0.15) is 27.6 Å². The van der Waals surface area contributed by atoms with Crippen LogP contribution in [0.15, 0.2) is 65.6 Å². The second kappa shape index (κ2) is 13.1. The molecule has 0 aliphatic carbocycles. The minimum atomic E-state index is -1.26. The Morgan fingerprint density at radius 1 is 1.03 bits per heavy atom. The maximum atomic E-state index is 12.8. The number of likely N-dealkylation sites (N-methyl/N-ethyl adjacent to an activating group) is 1. The predicted molar refractivity (Wildman–Crippen MR) is 134 cm³/mol. The highest BCUT2D eigenvalue weighted by atomic mass is 32.2. The van der Waals surface area contributed by atoms with E-state index in [2.05, 4.69) is 15.5 Å². The number of hydrogen-bond donors (Lipinski definition) is 2. The number of carbonyl (C=O) groups is 3. The molecule has 186 valence electrons. The first-order chi connectivity index (χ1) is 16.9. The minimum Gasteiger partial charge on any atom is -0.593 e. The van der Waals surface area contributed by atoms with E-state index in [1.165, 1.54) is 12.2 Å². The Bertz CT molecular complexity index is 1050. The molecule has 0 radical (unpaired) electrons. The van der Waals surface area contributed by atoms with E-state index in [4.69, 9.17) is 4.74 Å². The molecule has 1 unspecified atom stereocenters. The number of hydrogen-bond acceptors (Lipinski definition) is 7. The van der Waals surface area contributed by atoms with Crippen molar-refractivity contribution in [2.45, 2.75) is 11.8 Å². The highest BCUT2D eigenvalue weighted by molar-refractivity contribution is 7.89. The zero-order valence-electron chi connectivity index (χ0n) is 19.9. The van der Waals surface area contributed by atoms with Gasteiger partial charge in [0.05, 0.1) is 31.1 Å². The number of esters is 1. The molecule has 1 fully saturated rings. The topological polar surface area (TPSA) is 114 Å². The maximum absolute atomic E-state index is 12.8. The van der Waals surface area contributed by atoms with E-state index in [0.29, 0.717) is 21.7 Å². The first kappa shape index (κ1) is 26.4. The van der Waals surface area contributed by atoms with Gasteiger partial charge in [-0.05, 0) is 56.4 Å². The Labute approximate surface area is 208 Å². The molecule has 9 nitrogen and oxygen atoms in total. The van der Waals surface area contributed by atoms with Crippen molar-refractivity contribution in [3.05, 3.63) is 71.8 Å². The number of carbonyl (C=O) groups excluding carboxylic acids is 3. The van der Waals surface area contributed by atoms with Crippen LogP contribution in [0.25, 0.3) is 0 Å². The molecule has 1 saturated heterocycles. The first-order valence-electron chi connectivity index (χ1n) is 11.4. The molecule has 2 amide bonds.